The van der Waals surface area contributed by atoms with Crippen LogP contribution in [0.2, 0.25) is 0 Å². The Labute approximate surface area is 463 Å². The molecule has 0 bridgehead atoms. The highest BCUT2D eigenvalue weighted by molar-refractivity contribution is 5.76. The van der Waals surface area contributed by atoms with Crippen LogP contribution in [0.15, 0.2) is 36.5 Å². The Morgan fingerprint density at radius 3 is 1.12 bits per heavy atom. The summed E-state index contributed by atoms with van der Waals surface area (Å²) in [6, 6.07) is -0.826. The molecule has 9 nitrogen and oxygen atoms in total. The number of aliphatic hydroxyl groups excluding tert-OH is 5. The van der Waals surface area contributed by atoms with Gasteiger partial charge in [0.15, 0.2) is 6.29 Å². The van der Waals surface area contributed by atoms with Gasteiger partial charge in [-0.15, -0.1) is 0 Å². The molecule has 9 heteroatoms. The molecule has 75 heavy (non-hydrogen) atoms. The number of allylic oxidation sites excluding steroid dienone is 5. The molecule has 0 saturated carbocycles. The van der Waals surface area contributed by atoms with Gasteiger partial charge < -0.3 is 40.3 Å². The van der Waals surface area contributed by atoms with Crippen molar-refractivity contribution in [3.8, 4) is 0 Å². The van der Waals surface area contributed by atoms with Crippen LogP contribution in [0.3, 0.4) is 0 Å². The number of hydrogen-bond acceptors (Lipinski definition) is 8. The second kappa shape index (κ2) is 55.7. The van der Waals surface area contributed by atoms with Crippen molar-refractivity contribution in [2.24, 2.45) is 0 Å². The molecule has 0 spiro atoms. The molecule has 0 aliphatic carbocycles. The molecule has 0 radical (unpaired) electrons. The van der Waals surface area contributed by atoms with E-state index in [2.05, 4.69) is 43.5 Å². The van der Waals surface area contributed by atoms with E-state index in [1.165, 1.54) is 250 Å². The molecule has 1 aliphatic rings. The van der Waals surface area contributed by atoms with Crippen molar-refractivity contribution in [3.05, 3.63) is 36.5 Å². The monoisotopic (exact) mass is 1060 g/mol. The molecule has 1 fully saturated rings. The largest absolute Gasteiger partial charge is 0.394 e. The Hall–Kier alpha value is -1.59. The van der Waals surface area contributed by atoms with Gasteiger partial charge in [0.1, 0.15) is 24.4 Å². The van der Waals surface area contributed by atoms with E-state index in [-0.39, 0.29) is 12.5 Å². The fourth-order valence-electron chi connectivity index (χ4n) is 10.5. The van der Waals surface area contributed by atoms with Crippen LogP contribution >= 0.6 is 0 Å². The highest BCUT2D eigenvalue weighted by atomic mass is 16.7. The van der Waals surface area contributed by atoms with E-state index in [4.69, 9.17) is 9.47 Å². The molecule has 0 aromatic heterocycles. The fourth-order valence-corrected chi connectivity index (χ4v) is 10.5. The zero-order valence-electron chi connectivity index (χ0n) is 49.3. The summed E-state index contributed by atoms with van der Waals surface area (Å²) in [5, 5.41) is 54.4. The summed E-state index contributed by atoms with van der Waals surface area (Å²) in [5.41, 5.74) is 0. The van der Waals surface area contributed by atoms with Crippen molar-refractivity contribution in [2.45, 2.75) is 365 Å². The van der Waals surface area contributed by atoms with E-state index in [1.807, 2.05) is 6.08 Å². The second-order valence-corrected chi connectivity index (χ2v) is 22.9. The molecule has 1 amide bonds. The first-order valence-electron chi connectivity index (χ1n) is 32.7. The summed E-state index contributed by atoms with van der Waals surface area (Å²) < 4.78 is 11.2. The number of rotatable bonds is 57. The van der Waals surface area contributed by atoms with Gasteiger partial charge in [-0.05, 0) is 44.9 Å². The Morgan fingerprint density at radius 2 is 0.760 bits per heavy atom. The number of carbonyl (C=O) groups is 1. The third-order valence-corrected chi connectivity index (χ3v) is 15.7. The van der Waals surface area contributed by atoms with Crippen LogP contribution in [-0.2, 0) is 14.3 Å². The van der Waals surface area contributed by atoms with E-state index >= 15 is 0 Å². The van der Waals surface area contributed by atoms with Crippen molar-refractivity contribution in [1.82, 2.24) is 5.32 Å². The van der Waals surface area contributed by atoms with Gasteiger partial charge in [0.05, 0.1) is 25.4 Å². The van der Waals surface area contributed by atoms with E-state index in [0.717, 1.165) is 51.4 Å². The topological polar surface area (TPSA) is 149 Å². The van der Waals surface area contributed by atoms with Crippen molar-refractivity contribution in [3.63, 3.8) is 0 Å². The first kappa shape index (κ1) is 71.4. The number of aliphatic hydroxyl groups is 5. The summed E-state index contributed by atoms with van der Waals surface area (Å²) in [4.78, 5) is 13.0. The minimum absolute atomic E-state index is 0.186. The van der Waals surface area contributed by atoms with Crippen LogP contribution in [0.4, 0.5) is 0 Å². The Balaban J connectivity index is 2.02. The number of hydrogen-bond donors (Lipinski definition) is 6. The quantitative estimate of drug-likeness (QED) is 0.0261. The number of ether oxygens (including phenoxy) is 2. The van der Waals surface area contributed by atoms with Crippen molar-refractivity contribution in [1.29, 1.82) is 0 Å². The lowest BCUT2D eigenvalue weighted by atomic mass is 9.99. The van der Waals surface area contributed by atoms with Gasteiger partial charge >= 0.3 is 0 Å². The van der Waals surface area contributed by atoms with E-state index in [9.17, 15) is 30.3 Å². The molecule has 1 heterocycles. The maximum atomic E-state index is 13.0. The molecule has 6 N–H and O–H groups in total. The zero-order valence-corrected chi connectivity index (χ0v) is 49.3. The van der Waals surface area contributed by atoms with Crippen LogP contribution in [0.25, 0.3) is 0 Å². The molecule has 1 aliphatic heterocycles. The Kier molecular flexibility index (Phi) is 53.1. The zero-order chi connectivity index (χ0) is 54.3. The minimum Gasteiger partial charge on any atom is -0.394 e. The van der Waals surface area contributed by atoms with Crippen LogP contribution in [0.1, 0.15) is 322 Å². The van der Waals surface area contributed by atoms with E-state index in [0.29, 0.717) is 6.42 Å². The maximum absolute atomic E-state index is 13.0. The SMILES string of the molecule is CCCCC/C=C/CC/C=C/CC/C=C/C(O)C(COC1OC(CO)C(O)C(O)C1O)NC(=O)CCCCCCCCCCCCCCCCCCCCCCCCCCCCCCCCCCCCCCCCC. The molecule has 7 unspecified atom stereocenters. The molecular weight excluding hydrogens is 935 g/mol. The average molecular weight is 1060 g/mol. The third kappa shape index (κ3) is 44.9. The van der Waals surface area contributed by atoms with Crippen LogP contribution < -0.4 is 5.32 Å². The summed E-state index contributed by atoms with van der Waals surface area (Å²) in [6.07, 6.45) is 67.1. The van der Waals surface area contributed by atoms with Gasteiger partial charge in [-0.1, -0.05) is 307 Å². The van der Waals surface area contributed by atoms with E-state index in [1.54, 1.807) is 6.08 Å². The number of carbonyl (C=O) groups excluding carboxylic acids is 1. The standard InChI is InChI=1S/C66H125NO8/c1-3-5-7-9-11-13-15-17-18-19-20-21-22-23-24-25-26-27-28-29-30-31-32-33-34-35-36-37-38-39-40-41-42-44-46-48-50-52-54-56-62(70)67-59(58-74-66-65(73)64(72)63(71)61(57-68)75-66)60(69)55-53-51-49-47-45-43-16-14-12-10-8-6-4-2/h12,14,45,47,53,55,59-61,63-66,68-69,71-73H,3-11,13,15-44,46,48-52,54,56-58H2,1-2H3,(H,67,70)/b14-12+,47-45+,55-53+. The van der Waals surface area contributed by atoms with Gasteiger partial charge in [-0.2, -0.15) is 0 Å². The van der Waals surface area contributed by atoms with Crippen LogP contribution in [0, 0.1) is 0 Å². The van der Waals surface area contributed by atoms with Gasteiger partial charge in [0, 0.05) is 6.42 Å². The second-order valence-electron chi connectivity index (χ2n) is 22.9. The van der Waals surface area contributed by atoms with Crippen LogP contribution in [-0.4, -0.2) is 87.5 Å². The van der Waals surface area contributed by atoms with Gasteiger partial charge in [0.2, 0.25) is 5.91 Å². The van der Waals surface area contributed by atoms with Gasteiger partial charge in [0.25, 0.3) is 0 Å². The average Bonchev–Trinajstić information content (AvgIpc) is 3.41. The number of nitrogens with one attached hydrogen (secondary N) is 1. The summed E-state index contributed by atoms with van der Waals surface area (Å²) >= 11 is 0. The summed E-state index contributed by atoms with van der Waals surface area (Å²) in [5.74, 6) is -0.186. The molecule has 442 valence electrons. The van der Waals surface area contributed by atoms with Crippen molar-refractivity contribution >= 4 is 5.91 Å². The minimum atomic E-state index is -1.57. The Morgan fingerprint density at radius 1 is 0.440 bits per heavy atom. The van der Waals surface area contributed by atoms with E-state index < -0.39 is 49.5 Å². The fraction of sp³-hybridized carbons (Fsp3) is 0.894. The lowest BCUT2D eigenvalue weighted by Gasteiger charge is -2.40. The van der Waals surface area contributed by atoms with Gasteiger partial charge in [-0.25, -0.2) is 0 Å². The smallest absolute Gasteiger partial charge is 0.220 e. The normalized spacial score (nSPS) is 19.1. The molecule has 0 aromatic carbocycles. The summed E-state index contributed by atoms with van der Waals surface area (Å²) in [7, 11) is 0. The van der Waals surface area contributed by atoms with Crippen LogP contribution in [0.5, 0.6) is 0 Å². The third-order valence-electron chi connectivity index (χ3n) is 15.7. The van der Waals surface area contributed by atoms with Crippen molar-refractivity contribution in [2.75, 3.05) is 13.2 Å². The molecule has 1 rings (SSSR count). The molecule has 7 atom stereocenters. The lowest BCUT2D eigenvalue weighted by molar-refractivity contribution is -0.302. The predicted octanol–water partition coefficient (Wildman–Crippen LogP) is 17.1. The number of unbranched alkanes of at least 4 members (excludes halogenated alkanes) is 43. The van der Waals surface area contributed by atoms with Crippen molar-refractivity contribution < 1.29 is 39.8 Å². The van der Waals surface area contributed by atoms with Gasteiger partial charge in [-0.3, -0.25) is 4.79 Å². The molecular formula is C66H125NO8. The Bertz CT molecular complexity index is 1270. The molecule has 1 saturated heterocycles. The first-order chi connectivity index (χ1) is 36.8. The lowest BCUT2D eigenvalue weighted by Crippen LogP contribution is -2.60. The predicted molar refractivity (Wildman–Crippen MR) is 318 cm³/mol. The number of amides is 1. The first-order valence-corrected chi connectivity index (χ1v) is 32.7. The summed E-state index contributed by atoms with van der Waals surface area (Å²) in [6.45, 7) is 3.75. The molecule has 0 aromatic rings. The maximum Gasteiger partial charge on any atom is 0.220 e. The highest BCUT2D eigenvalue weighted by Gasteiger charge is 2.44. The highest BCUT2D eigenvalue weighted by Crippen LogP contribution is 2.23.